The van der Waals surface area contributed by atoms with Gasteiger partial charge < -0.3 is 9.88 Å². The number of nitro benzene ring substituents is 1. The van der Waals surface area contributed by atoms with E-state index in [-0.39, 0.29) is 23.0 Å². The van der Waals surface area contributed by atoms with Gasteiger partial charge in [0.15, 0.2) is 5.16 Å². The molecule has 1 aliphatic rings. The van der Waals surface area contributed by atoms with E-state index in [2.05, 4.69) is 20.1 Å². The number of aromatic nitrogens is 3. The molecule has 0 unspecified atom stereocenters. The highest BCUT2D eigenvalue weighted by molar-refractivity contribution is 7.99. The van der Waals surface area contributed by atoms with E-state index in [0.29, 0.717) is 17.6 Å². The van der Waals surface area contributed by atoms with Crippen LogP contribution in [0, 0.1) is 10.1 Å². The van der Waals surface area contributed by atoms with Gasteiger partial charge in [0.05, 0.1) is 17.2 Å². The van der Waals surface area contributed by atoms with Crippen molar-refractivity contribution in [3.05, 3.63) is 76.1 Å². The fourth-order valence-electron chi connectivity index (χ4n) is 3.02. The van der Waals surface area contributed by atoms with Crippen LogP contribution in [0.2, 0.25) is 0 Å². The molecular formula is C20H19N5O3S. The van der Waals surface area contributed by atoms with Gasteiger partial charge in [-0.2, -0.15) is 0 Å². The van der Waals surface area contributed by atoms with Crippen LogP contribution in [0.15, 0.2) is 59.8 Å². The molecule has 1 aliphatic carbocycles. The minimum atomic E-state index is -0.513. The third-order valence-electron chi connectivity index (χ3n) is 4.58. The van der Waals surface area contributed by atoms with E-state index in [9.17, 15) is 14.9 Å². The van der Waals surface area contributed by atoms with Crippen LogP contribution in [0.25, 0.3) is 0 Å². The van der Waals surface area contributed by atoms with Crippen molar-refractivity contribution in [2.75, 3.05) is 11.1 Å². The summed E-state index contributed by atoms with van der Waals surface area (Å²) in [4.78, 5) is 23.0. The molecule has 1 amide bonds. The van der Waals surface area contributed by atoms with E-state index in [1.165, 1.54) is 23.9 Å². The number of nitrogens with one attached hydrogen (secondary N) is 1. The minimum Gasteiger partial charge on any atom is -0.320 e. The van der Waals surface area contributed by atoms with Crippen LogP contribution >= 0.6 is 11.8 Å². The molecule has 29 heavy (non-hydrogen) atoms. The van der Waals surface area contributed by atoms with Gasteiger partial charge in [0.2, 0.25) is 5.91 Å². The summed E-state index contributed by atoms with van der Waals surface area (Å²) in [5.41, 5.74) is 1.20. The number of amides is 1. The van der Waals surface area contributed by atoms with Crippen LogP contribution in [-0.2, 0) is 11.3 Å². The van der Waals surface area contributed by atoms with Crippen molar-refractivity contribution in [3.63, 3.8) is 0 Å². The molecule has 8 nitrogen and oxygen atoms in total. The van der Waals surface area contributed by atoms with Crippen LogP contribution in [0.3, 0.4) is 0 Å². The normalized spacial score (nSPS) is 13.2. The van der Waals surface area contributed by atoms with Gasteiger partial charge in [-0.1, -0.05) is 54.2 Å². The molecule has 0 bridgehead atoms. The molecule has 0 radical (unpaired) electrons. The van der Waals surface area contributed by atoms with Crippen LogP contribution < -0.4 is 5.32 Å². The lowest BCUT2D eigenvalue weighted by molar-refractivity contribution is -0.383. The molecule has 3 aromatic rings. The van der Waals surface area contributed by atoms with Crippen LogP contribution in [0.1, 0.15) is 30.1 Å². The first-order chi connectivity index (χ1) is 14.1. The lowest BCUT2D eigenvalue weighted by Crippen LogP contribution is -2.16. The van der Waals surface area contributed by atoms with Crippen LogP contribution in [-0.4, -0.2) is 31.3 Å². The Bertz CT molecular complexity index is 1030. The molecule has 1 aromatic heterocycles. The van der Waals surface area contributed by atoms with Gasteiger partial charge >= 0.3 is 0 Å². The van der Waals surface area contributed by atoms with E-state index in [1.54, 1.807) is 12.1 Å². The molecule has 1 N–H and O–H groups in total. The highest BCUT2D eigenvalue weighted by Crippen LogP contribution is 2.40. The largest absolute Gasteiger partial charge is 0.320 e. The standard InChI is InChI=1S/C20H19N5O3S/c26-18(21-16-8-4-5-9-17(16)25(27)28)13-29-20-23-22-19(15-10-11-15)24(20)12-14-6-2-1-3-7-14/h1-9,15H,10-13H2,(H,21,26). The molecule has 1 saturated carbocycles. The second kappa shape index (κ2) is 8.44. The van der Waals surface area contributed by atoms with E-state index in [4.69, 9.17) is 0 Å². The number of carbonyl (C=O) groups excluding carboxylic acids is 1. The summed E-state index contributed by atoms with van der Waals surface area (Å²) in [6, 6.07) is 16.1. The molecule has 148 valence electrons. The summed E-state index contributed by atoms with van der Waals surface area (Å²) in [6.45, 7) is 0.647. The van der Waals surface area contributed by atoms with Crippen LogP contribution in [0.4, 0.5) is 11.4 Å². The third kappa shape index (κ3) is 4.62. The van der Waals surface area contributed by atoms with Gasteiger partial charge in [-0.05, 0) is 24.5 Å². The number of nitro groups is 1. The zero-order chi connectivity index (χ0) is 20.2. The molecule has 0 atom stereocenters. The molecule has 0 aliphatic heterocycles. The number of para-hydroxylation sites is 2. The molecule has 9 heteroatoms. The van der Waals surface area contributed by atoms with E-state index >= 15 is 0 Å². The SMILES string of the molecule is O=C(CSc1nnc(C2CC2)n1Cc1ccccc1)Nc1ccccc1[N+](=O)[O-]. The van der Waals surface area contributed by atoms with Crippen molar-refractivity contribution >= 4 is 29.0 Å². The van der Waals surface area contributed by atoms with Crippen molar-refractivity contribution in [1.82, 2.24) is 14.8 Å². The van der Waals surface area contributed by atoms with Gasteiger partial charge in [-0.15, -0.1) is 10.2 Å². The first-order valence-corrected chi connectivity index (χ1v) is 10.2. The number of thioether (sulfide) groups is 1. The highest BCUT2D eigenvalue weighted by Gasteiger charge is 2.30. The predicted octanol–water partition coefficient (Wildman–Crippen LogP) is 3.84. The zero-order valence-electron chi connectivity index (χ0n) is 15.5. The second-order valence-electron chi connectivity index (χ2n) is 6.80. The van der Waals surface area contributed by atoms with E-state index in [0.717, 1.165) is 24.2 Å². The minimum absolute atomic E-state index is 0.0869. The summed E-state index contributed by atoms with van der Waals surface area (Å²) in [6.07, 6.45) is 2.21. The first kappa shape index (κ1) is 19.1. The Morgan fingerprint density at radius 3 is 2.59 bits per heavy atom. The predicted molar refractivity (Wildman–Crippen MR) is 110 cm³/mol. The Kier molecular flexibility index (Phi) is 5.57. The molecule has 4 rings (SSSR count). The highest BCUT2D eigenvalue weighted by atomic mass is 32.2. The maximum atomic E-state index is 12.4. The second-order valence-corrected chi connectivity index (χ2v) is 7.74. The Labute approximate surface area is 171 Å². The summed E-state index contributed by atoms with van der Waals surface area (Å²) in [5.74, 6) is 1.15. The Balaban J connectivity index is 1.46. The van der Waals surface area contributed by atoms with Crippen molar-refractivity contribution in [2.45, 2.75) is 30.5 Å². The van der Waals surface area contributed by atoms with E-state index in [1.807, 2.05) is 30.3 Å². The van der Waals surface area contributed by atoms with Gasteiger partial charge in [0.25, 0.3) is 5.69 Å². The smallest absolute Gasteiger partial charge is 0.292 e. The monoisotopic (exact) mass is 409 g/mol. The van der Waals surface area contributed by atoms with Gasteiger partial charge in [0.1, 0.15) is 11.5 Å². The van der Waals surface area contributed by atoms with Gasteiger partial charge in [-0.3, -0.25) is 14.9 Å². The maximum Gasteiger partial charge on any atom is 0.292 e. The number of hydrogen-bond donors (Lipinski definition) is 1. The van der Waals surface area contributed by atoms with Crippen molar-refractivity contribution in [2.24, 2.45) is 0 Å². The van der Waals surface area contributed by atoms with Crippen molar-refractivity contribution in [3.8, 4) is 0 Å². The number of carbonyl (C=O) groups is 1. The Hall–Kier alpha value is -3.20. The fraction of sp³-hybridized carbons (Fsp3) is 0.250. The van der Waals surface area contributed by atoms with Crippen molar-refractivity contribution < 1.29 is 9.72 Å². The summed E-state index contributed by atoms with van der Waals surface area (Å²) in [7, 11) is 0. The Morgan fingerprint density at radius 1 is 1.14 bits per heavy atom. The Morgan fingerprint density at radius 2 is 1.86 bits per heavy atom. The molecular weight excluding hydrogens is 390 g/mol. The fourth-order valence-corrected chi connectivity index (χ4v) is 3.76. The third-order valence-corrected chi connectivity index (χ3v) is 5.55. The molecule has 0 spiro atoms. The molecule has 0 saturated heterocycles. The maximum absolute atomic E-state index is 12.4. The summed E-state index contributed by atoms with van der Waals surface area (Å²) < 4.78 is 2.07. The van der Waals surface area contributed by atoms with Crippen LogP contribution in [0.5, 0.6) is 0 Å². The van der Waals surface area contributed by atoms with Gasteiger partial charge in [-0.25, -0.2) is 0 Å². The lowest BCUT2D eigenvalue weighted by Gasteiger charge is -2.10. The summed E-state index contributed by atoms with van der Waals surface area (Å²) in [5, 5.41) is 23.0. The number of rotatable bonds is 8. The quantitative estimate of drug-likeness (QED) is 0.344. The topological polar surface area (TPSA) is 103 Å². The lowest BCUT2D eigenvalue weighted by atomic mass is 10.2. The number of hydrogen-bond acceptors (Lipinski definition) is 6. The zero-order valence-corrected chi connectivity index (χ0v) is 16.3. The molecule has 1 heterocycles. The average Bonchev–Trinajstić information content (AvgIpc) is 3.49. The first-order valence-electron chi connectivity index (χ1n) is 9.25. The number of anilines is 1. The molecule has 2 aromatic carbocycles. The average molecular weight is 409 g/mol. The van der Waals surface area contributed by atoms with Gasteiger partial charge in [0, 0.05) is 12.0 Å². The van der Waals surface area contributed by atoms with Crippen molar-refractivity contribution in [1.29, 1.82) is 0 Å². The van der Waals surface area contributed by atoms with E-state index < -0.39 is 4.92 Å². The molecule has 1 fully saturated rings. The number of nitrogens with zero attached hydrogens (tertiary/aromatic N) is 4. The number of benzene rings is 2. The summed E-state index contributed by atoms with van der Waals surface area (Å²) >= 11 is 1.28.